The number of nitro groups is 1. The van der Waals surface area contributed by atoms with Gasteiger partial charge in [-0.15, -0.1) is 0 Å². The Morgan fingerprint density at radius 1 is 1.23 bits per heavy atom. The zero-order valence-corrected chi connectivity index (χ0v) is 13.8. The van der Waals surface area contributed by atoms with Gasteiger partial charge in [-0.1, -0.05) is 30.3 Å². The van der Waals surface area contributed by atoms with E-state index in [2.05, 4.69) is 10.2 Å². The number of nitrogens with one attached hydrogen (secondary N) is 1. The van der Waals surface area contributed by atoms with Gasteiger partial charge < -0.3 is 5.32 Å². The summed E-state index contributed by atoms with van der Waals surface area (Å²) in [6.07, 6.45) is 0.677. The second-order valence-electron chi connectivity index (χ2n) is 6.22. The van der Waals surface area contributed by atoms with Crippen molar-refractivity contribution in [3.8, 4) is 0 Å². The Kier molecular flexibility index (Phi) is 5.22. The number of likely N-dealkylation sites (tertiary alicyclic amines) is 1. The first-order valence-corrected chi connectivity index (χ1v) is 8.14. The standard InChI is InChI=1S/C18H17F2N3O3/c19-15-8-14(17(23(25)26)9-16(15)20)18(24)21-13-6-7-22(11-13)10-12-4-2-1-3-5-12/h1-5,8-9,13H,6-7,10-11H2,(H,21,24). The maximum absolute atomic E-state index is 13.4. The molecular weight excluding hydrogens is 344 g/mol. The van der Waals surface area contributed by atoms with Crippen molar-refractivity contribution in [1.29, 1.82) is 0 Å². The monoisotopic (exact) mass is 361 g/mol. The lowest BCUT2D eigenvalue weighted by Gasteiger charge is -2.17. The molecular formula is C18H17F2N3O3. The van der Waals surface area contributed by atoms with Crippen LogP contribution in [0.1, 0.15) is 22.3 Å². The molecule has 6 nitrogen and oxygen atoms in total. The van der Waals surface area contributed by atoms with Gasteiger partial charge in [-0.05, 0) is 18.1 Å². The molecule has 0 aliphatic carbocycles. The highest BCUT2D eigenvalue weighted by Gasteiger charge is 2.28. The Bertz CT molecular complexity index is 830. The minimum atomic E-state index is -1.36. The van der Waals surface area contributed by atoms with Crippen LogP contribution >= 0.6 is 0 Å². The zero-order valence-electron chi connectivity index (χ0n) is 13.8. The third-order valence-corrected chi connectivity index (χ3v) is 4.34. The minimum Gasteiger partial charge on any atom is -0.348 e. The molecule has 1 aliphatic rings. The van der Waals surface area contributed by atoms with E-state index < -0.39 is 33.7 Å². The summed E-state index contributed by atoms with van der Waals surface area (Å²) in [6, 6.07) is 10.7. The number of carbonyl (C=O) groups excluding carboxylic acids is 1. The van der Waals surface area contributed by atoms with E-state index in [0.29, 0.717) is 25.1 Å². The van der Waals surface area contributed by atoms with Crippen molar-refractivity contribution in [2.45, 2.75) is 19.0 Å². The second kappa shape index (κ2) is 7.57. The smallest absolute Gasteiger partial charge is 0.285 e. The molecule has 1 amide bonds. The van der Waals surface area contributed by atoms with E-state index in [9.17, 15) is 23.7 Å². The Morgan fingerprint density at radius 3 is 2.62 bits per heavy atom. The average Bonchev–Trinajstić information content (AvgIpc) is 3.04. The molecule has 1 atom stereocenters. The summed E-state index contributed by atoms with van der Waals surface area (Å²) >= 11 is 0. The van der Waals surface area contributed by atoms with Crippen LogP contribution in [0.25, 0.3) is 0 Å². The summed E-state index contributed by atoms with van der Waals surface area (Å²) in [5, 5.41) is 13.7. The summed E-state index contributed by atoms with van der Waals surface area (Å²) in [5.41, 5.74) is -0.0772. The maximum Gasteiger partial charge on any atom is 0.285 e. The fraction of sp³-hybridized carbons (Fsp3) is 0.278. The van der Waals surface area contributed by atoms with Crippen LogP contribution in [0.15, 0.2) is 42.5 Å². The molecule has 0 bridgehead atoms. The molecule has 1 N–H and O–H groups in total. The summed E-state index contributed by atoms with van der Waals surface area (Å²) in [5.74, 6) is -3.43. The molecule has 2 aromatic carbocycles. The minimum absolute atomic E-state index is 0.209. The van der Waals surface area contributed by atoms with Crippen LogP contribution in [0.4, 0.5) is 14.5 Å². The molecule has 2 aromatic rings. The van der Waals surface area contributed by atoms with Gasteiger partial charge in [-0.2, -0.15) is 0 Å². The van der Waals surface area contributed by atoms with E-state index in [1.165, 1.54) is 0 Å². The van der Waals surface area contributed by atoms with E-state index in [1.54, 1.807) is 0 Å². The number of benzene rings is 2. The fourth-order valence-electron chi connectivity index (χ4n) is 3.07. The maximum atomic E-state index is 13.4. The largest absolute Gasteiger partial charge is 0.348 e. The number of amides is 1. The number of carbonyl (C=O) groups is 1. The number of nitro benzene ring substituents is 1. The highest BCUT2D eigenvalue weighted by Crippen LogP contribution is 2.23. The van der Waals surface area contributed by atoms with Gasteiger partial charge in [0.2, 0.25) is 0 Å². The highest BCUT2D eigenvalue weighted by atomic mass is 19.2. The summed E-state index contributed by atoms with van der Waals surface area (Å²) in [6.45, 7) is 2.08. The molecule has 0 spiro atoms. The van der Waals surface area contributed by atoms with Crippen molar-refractivity contribution in [2.75, 3.05) is 13.1 Å². The predicted octanol–water partition coefficient (Wildman–Crippen LogP) is 2.88. The molecule has 1 aliphatic heterocycles. The van der Waals surface area contributed by atoms with E-state index >= 15 is 0 Å². The van der Waals surface area contributed by atoms with E-state index in [1.807, 2.05) is 30.3 Å². The second-order valence-corrected chi connectivity index (χ2v) is 6.22. The molecule has 1 fully saturated rings. The van der Waals surface area contributed by atoms with Crippen molar-refractivity contribution < 1.29 is 18.5 Å². The van der Waals surface area contributed by atoms with Crippen LogP contribution in [0.3, 0.4) is 0 Å². The number of nitrogens with zero attached hydrogens (tertiary/aromatic N) is 2. The average molecular weight is 361 g/mol. The van der Waals surface area contributed by atoms with Crippen molar-refractivity contribution in [2.24, 2.45) is 0 Å². The molecule has 8 heteroatoms. The number of rotatable bonds is 5. The van der Waals surface area contributed by atoms with Gasteiger partial charge in [0.05, 0.1) is 11.0 Å². The van der Waals surface area contributed by atoms with Crippen LogP contribution in [0.5, 0.6) is 0 Å². The lowest BCUT2D eigenvalue weighted by molar-refractivity contribution is -0.385. The molecule has 1 heterocycles. The predicted molar refractivity (Wildman–Crippen MR) is 90.6 cm³/mol. The SMILES string of the molecule is O=C(NC1CCN(Cc2ccccc2)C1)c1cc(F)c(F)cc1[N+](=O)[O-]. The van der Waals surface area contributed by atoms with Gasteiger partial charge in [0.25, 0.3) is 11.6 Å². The third-order valence-electron chi connectivity index (χ3n) is 4.34. The topological polar surface area (TPSA) is 75.5 Å². The first kappa shape index (κ1) is 17.9. The fourth-order valence-corrected chi connectivity index (χ4v) is 3.07. The Morgan fingerprint density at radius 2 is 1.92 bits per heavy atom. The number of halogens is 2. The van der Waals surface area contributed by atoms with E-state index in [4.69, 9.17) is 0 Å². The normalized spacial score (nSPS) is 17.2. The molecule has 0 saturated carbocycles. The van der Waals surface area contributed by atoms with Gasteiger partial charge in [0.1, 0.15) is 5.56 Å². The Labute approximate surface area is 148 Å². The summed E-state index contributed by atoms with van der Waals surface area (Å²) in [7, 11) is 0. The van der Waals surface area contributed by atoms with Gasteiger partial charge in [-0.3, -0.25) is 19.8 Å². The lowest BCUT2D eigenvalue weighted by Crippen LogP contribution is -2.37. The highest BCUT2D eigenvalue weighted by molar-refractivity contribution is 5.98. The van der Waals surface area contributed by atoms with E-state index in [-0.39, 0.29) is 6.04 Å². The molecule has 0 aromatic heterocycles. The van der Waals surface area contributed by atoms with Gasteiger partial charge in [-0.25, -0.2) is 8.78 Å². The Hall–Kier alpha value is -2.87. The van der Waals surface area contributed by atoms with Crippen LogP contribution in [0, 0.1) is 21.7 Å². The third kappa shape index (κ3) is 4.02. The first-order chi connectivity index (χ1) is 12.4. The molecule has 1 unspecified atom stereocenters. The number of hydrogen-bond donors (Lipinski definition) is 1. The zero-order chi connectivity index (χ0) is 18.7. The van der Waals surface area contributed by atoms with Crippen LogP contribution in [-0.2, 0) is 6.54 Å². The quantitative estimate of drug-likeness (QED) is 0.656. The number of hydrogen-bond acceptors (Lipinski definition) is 4. The summed E-state index contributed by atoms with van der Waals surface area (Å²) in [4.78, 5) is 24.6. The van der Waals surface area contributed by atoms with Crippen molar-refractivity contribution in [3.63, 3.8) is 0 Å². The van der Waals surface area contributed by atoms with Crippen molar-refractivity contribution in [1.82, 2.24) is 10.2 Å². The molecule has 26 heavy (non-hydrogen) atoms. The molecule has 1 saturated heterocycles. The van der Waals surface area contributed by atoms with Gasteiger partial charge in [0.15, 0.2) is 11.6 Å². The Balaban J connectivity index is 1.66. The lowest BCUT2D eigenvalue weighted by atomic mass is 10.1. The first-order valence-electron chi connectivity index (χ1n) is 8.14. The van der Waals surface area contributed by atoms with Crippen LogP contribution < -0.4 is 5.32 Å². The molecule has 0 radical (unpaired) electrons. The molecule has 136 valence electrons. The van der Waals surface area contributed by atoms with Crippen molar-refractivity contribution >= 4 is 11.6 Å². The van der Waals surface area contributed by atoms with Crippen LogP contribution in [-0.4, -0.2) is 34.9 Å². The van der Waals surface area contributed by atoms with E-state index in [0.717, 1.165) is 18.7 Å². The van der Waals surface area contributed by atoms with Crippen LogP contribution in [0.2, 0.25) is 0 Å². The molecule has 3 rings (SSSR count). The summed E-state index contributed by atoms with van der Waals surface area (Å²) < 4.78 is 26.6. The van der Waals surface area contributed by atoms with Gasteiger partial charge >= 0.3 is 0 Å². The van der Waals surface area contributed by atoms with Gasteiger partial charge in [0, 0.05) is 25.7 Å². The van der Waals surface area contributed by atoms with Crippen molar-refractivity contribution in [3.05, 3.63) is 75.3 Å².